The maximum Gasteiger partial charge on any atom is 0.245 e. The number of nitrogens with two attached hydrogens (primary N) is 4. The highest BCUT2D eigenvalue weighted by Gasteiger charge is 2.37. The van der Waals surface area contributed by atoms with E-state index in [4.69, 9.17) is 38.5 Å². The van der Waals surface area contributed by atoms with Gasteiger partial charge < -0.3 is 74.9 Å². The number of likely N-dealkylation sites (N-methyl/N-ethyl adjacent to an activating group) is 1. The molecule has 0 aromatic heterocycles. The molecule has 0 aliphatic carbocycles. The van der Waals surface area contributed by atoms with E-state index in [2.05, 4.69) is 37.2 Å². The Bertz CT molecular complexity index is 1880. The predicted molar refractivity (Wildman–Crippen MR) is 254 cm³/mol. The number of nitrogens with zero attached hydrogens (tertiary/aromatic N) is 1. The van der Waals surface area contributed by atoms with Gasteiger partial charge in [-0.2, -0.15) is 0 Å². The number of primary amides is 2. The summed E-state index contributed by atoms with van der Waals surface area (Å²) in [5.41, 5.74) is 22.6. The monoisotopic (exact) mass is 961 g/mol. The number of hydrogen-bond acceptors (Lipinski definition) is 12. The van der Waals surface area contributed by atoms with E-state index in [1.165, 1.54) is 21.1 Å². The molecule has 0 heterocycles. The highest BCUT2D eigenvalue weighted by molar-refractivity contribution is 5.97. The predicted octanol–water partition coefficient (Wildman–Crippen LogP) is -2.51. The van der Waals surface area contributed by atoms with Gasteiger partial charge in [-0.3, -0.25) is 49.2 Å². The number of amides is 8. The average Bonchev–Trinajstić information content (AvgIpc) is 3.25. The fourth-order valence-corrected chi connectivity index (χ4v) is 7.08. The van der Waals surface area contributed by atoms with Gasteiger partial charge in [0.15, 0.2) is 11.9 Å². The van der Waals surface area contributed by atoms with Crippen LogP contribution in [0.2, 0.25) is 0 Å². The number of ether oxygens (including phenoxy) is 1. The number of carbonyl (C=O) groups excluding carboxylic acids is 8. The molecule has 382 valence electrons. The van der Waals surface area contributed by atoms with Gasteiger partial charge in [0.25, 0.3) is 0 Å². The summed E-state index contributed by atoms with van der Waals surface area (Å²) in [5, 5.41) is 43.9. The van der Waals surface area contributed by atoms with Crippen LogP contribution in [0.3, 0.4) is 0 Å². The second kappa shape index (κ2) is 29.8. The van der Waals surface area contributed by atoms with Crippen LogP contribution in [0.25, 0.3) is 0 Å². The Morgan fingerprint density at radius 2 is 1.18 bits per heavy atom. The van der Waals surface area contributed by atoms with Crippen molar-refractivity contribution in [1.29, 1.82) is 10.8 Å². The van der Waals surface area contributed by atoms with Crippen molar-refractivity contribution in [2.24, 2.45) is 40.7 Å². The molecule has 0 saturated heterocycles. The third kappa shape index (κ3) is 21.7. The Balaban J connectivity index is 3.55. The molecule has 1 rings (SSSR count). The van der Waals surface area contributed by atoms with Crippen LogP contribution in [0.15, 0.2) is 24.3 Å². The Morgan fingerprint density at radius 1 is 0.662 bits per heavy atom. The van der Waals surface area contributed by atoms with Crippen LogP contribution in [0.5, 0.6) is 5.75 Å². The van der Waals surface area contributed by atoms with Crippen molar-refractivity contribution in [2.45, 2.75) is 135 Å². The standard InChI is InChI=1S/C44H76N14O10/c1-23(2)21-25(5)37(62)56-34(24(3)4)40(65)57-35(26(6)59)41(66)53-29(11-9-19-51-43(47)48)38(63)54-30(17-18-33(45)60)42(67)58(7)32(12-10-20-52-44(49)50)39(64)55-31(36(46)61)22-27-13-15-28(68-8)16-14-27/h13-16,23-26,29-32,34-35,59H,9-12,17-22H2,1-8H3,(H2,45,60)(H2,46,61)(H,53,66)(H,54,63)(H,55,64)(H,56,62)(H,57,65)(H4,47,48,51)(H4,49,50,52)/t25-,26+,29-,30-,31-,32-,34-,35-/m0/s1. The summed E-state index contributed by atoms with van der Waals surface area (Å²) in [6, 6.07) is -1.58. The summed E-state index contributed by atoms with van der Waals surface area (Å²) in [4.78, 5) is 109. The van der Waals surface area contributed by atoms with Crippen molar-refractivity contribution in [3.63, 3.8) is 0 Å². The first kappa shape index (κ1) is 59.3. The van der Waals surface area contributed by atoms with Gasteiger partial charge in [-0.1, -0.05) is 46.8 Å². The van der Waals surface area contributed by atoms with E-state index in [1.807, 2.05) is 13.8 Å². The summed E-state index contributed by atoms with van der Waals surface area (Å²) in [5.74, 6) is -7.22. The molecule has 68 heavy (non-hydrogen) atoms. The molecular formula is C44H76N14O10. The van der Waals surface area contributed by atoms with Gasteiger partial charge in [-0.15, -0.1) is 0 Å². The smallest absolute Gasteiger partial charge is 0.245 e. The summed E-state index contributed by atoms with van der Waals surface area (Å²) < 4.78 is 5.19. The molecule has 18 N–H and O–H groups in total. The van der Waals surface area contributed by atoms with Crippen molar-refractivity contribution in [3.05, 3.63) is 29.8 Å². The molecule has 1 aromatic carbocycles. The lowest BCUT2D eigenvalue weighted by Gasteiger charge is -2.33. The first-order valence-electron chi connectivity index (χ1n) is 22.6. The minimum atomic E-state index is -1.64. The van der Waals surface area contributed by atoms with E-state index in [0.29, 0.717) is 17.7 Å². The number of aliphatic hydroxyl groups is 1. The molecule has 1 aromatic rings. The molecule has 0 aliphatic heterocycles. The van der Waals surface area contributed by atoms with E-state index in [1.54, 1.807) is 45.0 Å². The Labute approximate surface area is 398 Å². The number of benzene rings is 1. The largest absolute Gasteiger partial charge is 0.497 e. The number of aliphatic hydroxyl groups excluding tert-OH is 1. The van der Waals surface area contributed by atoms with Crippen molar-refractivity contribution >= 4 is 59.2 Å². The number of carbonyl (C=O) groups is 8. The molecule has 24 heteroatoms. The van der Waals surface area contributed by atoms with Crippen molar-refractivity contribution in [2.75, 3.05) is 27.2 Å². The number of nitrogens with one attached hydrogen (secondary N) is 9. The topological polar surface area (TPSA) is 405 Å². The van der Waals surface area contributed by atoms with Crippen LogP contribution in [-0.4, -0.2) is 139 Å². The summed E-state index contributed by atoms with van der Waals surface area (Å²) in [7, 11) is 2.76. The van der Waals surface area contributed by atoms with Gasteiger partial charge in [0, 0.05) is 38.9 Å². The first-order chi connectivity index (χ1) is 31.8. The fraction of sp³-hybridized carbons (Fsp3) is 0.636. The summed E-state index contributed by atoms with van der Waals surface area (Å²) in [6.45, 7) is 10.5. The maximum absolute atomic E-state index is 14.4. The van der Waals surface area contributed by atoms with Crippen LogP contribution in [0.1, 0.15) is 92.1 Å². The zero-order valence-electron chi connectivity index (χ0n) is 40.5. The van der Waals surface area contributed by atoms with E-state index < -0.39 is 102 Å². The highest BCUT2D eigenvalue weighted by Crippen LogP contribution is 2.16. The van der Waals surface area contributed by atoms with Gasteiger partial charge in [-0.25, -0.2) is 0 Å². The van der Waals surface area contributed by atoms with E-state index in [9.17, 15) is 43.5 Å². The molecule has 24 nitrogen and oxygen atoms in total. The van der Waals surface area contributed by atoms with Gasteiger partial charge in [0.2, 0.25) is 47.3 Å². The van der Waals surface area contributed by atoms with Gasteiger partial charge >= 0.3 is 0 Å². The molecule has 0 aliphatic rings. The zero-order valence-corrected chi connectivity index (χ0v) is 40.5. The Morgan fingerprint density at radius 3 is 1.66 bits per heavy atom. The second-order valence-electron chi connectivity index (χ2n) is 17.6. The molecule has 0 unspecified atom stereocenters. The number of hydrogen-bond donors (Lipinski definition) is 14. The average molecular weight is 961 g/mol. The molecule has 8 atom stereocenters. The van der Waals surface area contributed by atoms with Crippen molar-refractivity contribution in [3.8, 4) is 5.75 Å². The lowest BCUT2D eigenvalue weighted by atomic mass is 9.96. The third-order valence-electron chi connectivity index (χ3n) is 10.8. The lowest BCUT2D eigenvalue weighted by Crippen LogP contribution is -2.62. The van der Waals surface area contributed by atoms with Gasteiger partial charge in [0.1, 0.15) is 42.0 Å². The summed E-state index contributed by atoms with van der Waals surface area (Å²) in [6.07, 6.45) is -1.62. The Kier molecular flexibility index (Phi) is 26.0. The lowest BCUT2D eigenvalue weighted by molar-refractivity contribution is -0.143. The Hall–Kier alpha value is -6.72. The van der Waals surface area contributed by atoms with E-state index >= 15 is 0 Å². The zero-order chi connectivity index (χ0) is 51.8. The minimum absolute atomic E-state index is 0.0140. The molecular weight excluding hydrogens is 885 g/mol. The van der Waals surface area contributed by atoms with Crippen LogP contribution in [0, 0.1) is 28.6 Å². The number of methoxy groups -OCH3 is 1. The molecule has 0 fully saturated rings. The van der Waals surface area contributed by atoms with Crippen LogP contribution >= 0.6 is 0 Å². The van der Waals surface area contributed by atoms with Gasteiger partial charge in [-0.05, 0) is 75.0 Å². The first-order valence-corrected chi connectivity index (χ1v) is 22.6. The van der Waals surface area contributed by atoms with E-state index in [0.717, 1.165) is 4.90 Å². The van der Waals surface area contributed by atoms with Gasteiger partial charge in [0.05, 0.1) is 13.2 Å². The van der Waals surface area contributed by atoms with Crippen LogP contribution in [0.4, 0.5) is 0 Å². The molecule has 0 spiro atoms. The molecule has 0 radical (unpaired) electrons. The van der Waals surface area contributed by atoms with E-state index in [-0.39, 0.29) is 75.4 Å². The molecule has 0 saturated carbocycles. The molecule has 0 bridgehead atoms. The summed E-state index contributed by atoms with van der Waals surface area (Å²) >= 11 is 0. The van der Waals surface area contributed by atoms with Crippen LogP contribution < -0.4 is 64.9 Å². The van der Waals surface area contributed by atoms with Crippen molar-refractivity contribution < 1.29 is 48.2 Å². The number of rotatable bonds is 31. The second-order valence-corrected chi connectivity index (χ2v) is 17.6. The molecule has 8 amide bonds. The van der Waals surface area contributed by atoms with Crippen molar-refractivity contribution in [1.82, 2.24) is 42.1 Å². The highest BCUT2D eigenvalue weighted by atomic mass is 16.5. The maximum atomic E-state index is 14.4. The quantitative estimate of drug-likeness (QED) is 0.0208. The third-order valence-corrected chi connectivity index (χ3v) is 10.8. The normalized spacial score (nSPS) is 14.6. The number of guanidine groups is 2. The SMILES string of the molecule is COc1ccc(C[C@H](NC(=O)[C@H](CCCNC(=N)N)N(C)C(=O)[C@H](CCC(N)=O)NC(=O)[C@H](CCCNC(=N)N)NC(=O)[C@@H](NC(=O)[C@@H](NC(=O)[C@@H](C)CC(C)C)C(C)C)[C@@H](C)O)C(N)=O)cc1. The fourth-order valence-electron chi connectivity index (χ4n) is 7.08. The van der Waals surface area contributed by atoms with Crippen LogP contribution in [-0.2, 0) is 44.8 Å². The minimum Gasteiger partial charge on any atom is -0.497 e.